The van der Waals surface area contributed by atoms with Gasteiger partial charge in [-0.1, -0.05) is 42.5 Å². The maximum atomic E-state index is 11.4. The number of carbonyl (C=O) groups excluding carboxylic acids is 1. The molecule has 3 rings (SSSR count). The topological polar surface area (TPSA) is 30.0 Å². The largest absolute Gasteiger partial charge is 0.298 e. The van der Waals surface area contributed by atoms with Crippen LogP contribution in [0.4, 0.5) is 0 Å². The van der Waals surface area contributed by atoms with E-state index in [0.29, 0.717) is 5.56 Å². The van der Waals surface area contributed by atoms with Crippen molar-refractivity contribution in [1.29, 1.82) is 0 Å². The second-order valence-corrected chi connectivity index (χ2v) is 5.01. The minimum absolute atomic E-state index is 0.636. The number of rotatable bonds is 2. The number of carbonyl (C=O) groups is 1. The van der Waals surface area contributed by atoms with Crippen LogP contribution >= 0.6 is 0 Å². The lowest BCUT2D eigenvalue weighted by molar-refractivity contribution is 0.112. The van der Waals surface area contributed by atoms with Gasteiger partial charge < -0.3 is 0 Å². The Morgan fingerprint density at radius 3 is 2.45 bits per heavy atom. The Balaban J connectivity index is 2.37. The second kappa shape index (κ2) is 4.89. The summed E-state index contributed by atoms with van der Waals surface area (Å²) >= 11 is 0. The molecule has 0 fully saturated rings. The molecule has 2 aromatic carbocycles. The second-order valence-electron chi connectivity index (χ2n) is 5.01. The molecule has 0 aliphatic rings. The van der Waals surface area contributed by atoms with Crippen LogP contribution in [0.15, 0.2) is 48.5 Å². The number of fused-ring (bicyclic) bond motifs is 1. The van der Waals surface area contributed by atoms with Crippen LogP contribution < -0.4 is 0 Å². The van der Waals surface area contributed by atoms with Gasteiger partial charge in [-0.25, -0.2) is 4.98 Å². The van der Waals surface area contributed by atoms with Crippen LogP contribution in [-0.4, -0.2) is 11.3 Å². The highest BCUT2D eigenvalue weighted by molar-refractivity contribution is 5.94. The lowest BCUT2D eigenvalue weighted by atomic mass is 9.99. The molecule has 20 heavy (non-hydrogen) atoms. The maximum absolute atomic E-state index is 11.4. The zero-order chi connectivity index (χ0) is 14.1. The summed E-state index contributed by atoms with van der Waals surface area (Å²) in [6, 6.07) is 15.9. The van der Waals surface area contributed by atoms with Gasteiger partial charge in [-0.05, 0) is 31.0 Å². The zero-order valence-corrected chi connectivity index (χ0v) is 11.6. The summed E-state index contributed by atoms with van der Waals surface area (Å²) in [5.74, 6) is 0. The molecule has 0 bridgehead atoms. The fourth-order valence-electron chi connectivity index (χ4n) is 2.51. The molecule has 2 heteroatoms. The van der Waals surface area contributed by atoms with Crippen LogP contribution in [0, 0.1) is 13.8 Å². The highest BCUT2D eigenvalue weighted by Gasteiger charge is 2.11. The standard InChI is InChI=1S/C18H15NO/c1-12-6-3-4-9-16(12)18-15(11-20)10-14-8-5-7-13(2)17(14)19-18/h3-11H,1-2H3. The van der Waals surface area contributed by atoms with Crippen LogP contribution in [0.1, 0.15) is 21.5 Å². The highest BCUT2D eigenvalue weighted by atomic mass is 16.1. The molecule has 0 atom stereocenters. The first-order chi connectivity index (χ1) is 9.70. The van der Waals surface area contributed by atoms with Gasteiger partial charge in [-0.3, -0.25) is 4.79 Å². The number of nitrogens with zero attached hydrogens (tertiary/aromatic N) is 1. The summed E-state index contributed by atoms with van der Waals surface area (Å²) in [7, 11) is 0. The molecule has 0 aliphatic heterocycles. The van der Waals surface area contributed by atoms with Gasteiger partial charge in [0.2, 0.25) is 0 Å². The monoisotopic (exact) mass is 261 g/mol. The van der Waals surface area contributed by atoms with Crippen molar-refractivity contribution >= 4 is 17.2 Å². The van der Waals surface area contributed by atoms with E-state index in [1.54, 1.807) is 0 Å². The fraction of sp³-hybridized carbons (Fsp3) is 0.111. The molecule has 0 radical (unpaired) electrons. The predicted molar refractivity (Wildman–Crippen MR) is 82.0 cm³/mol. The molecule has 0 saturated carbocycles. The molecule has 1 heterocycles. The third-order valence-electron chi connectivity index (χ3n) is 3.60. The van der Waals surface area contributed by atoms with Gasteiger partial charge in [0.25, 0.3) is 0 Å². The minimum Gasteiger partial charge on any atom is -0.298 e. The first-order valence-corrected chi connectivity index (χ1v) is 6.62. The molecule has 98 valence electrons. The van der Waals surface area contributed by atoms with Crippen LogP contribution in [0.25, 0.3) is 22.2 Å². The first-order valence-electron chi connectivity index (χ1n) is 6.62. The average molecular weight is 261 g/mol. The van der Waals surface area contributed by atoms with Gasteiger partial charge in [0.1, 0.15) is 0 Å². The minimum atomic E-state index is 0.636. The van der Waals surface area contributed by atoms with Gasteiger partial charge in [0, 0.05) is 16.5 Å². The number of aryl methyl sites for hydroxylation is 2. The van der Waals surface area contributed by atoms with E-state index in [0.717, 1.165) is 39.6 Å². The Hall–Kier alpha value is -2.48. The van der Waals surface area contributed by atoms with E-state index >= 15 is 0 Å². The van der Waals surface area contributed by atoms with E-state index in [2.05, 4.69) is 0 Å². The summed E-state index contributed by atoms with van der Waals surface area (Å²) in [6.07, 6.45) is 0.885. The van der Waals surface area contributed by atoms with Crippen molar-refractivity contribution < 1.29 is 4.79 Å². The number of para-hydroxylation sites is 1. The zero-order valence-electron chi connectivity index (χ0n) is 11.6. The normalized spacial score (nSPS) is 10.7. The van der Waals surface area contributed by atoms with Crippen molar-refractivity contribution in [3.63, 3.8) is 0 Å². The summed E-state index contributed by atoms with van der Waals surface area (Å²) in [5.41, 5.74) is 5.61. The summed E-state index contributed by atoms with van der Waals surface area (Å²) < 4.78 is 0. The van der Waals surface area contributed by atoms with Crippen LogP contribution in [0.5, 0.6) is 0 Å². The Labute approximate surface area is 118 Å². The predicted octanol–water partition coefficient (Wildman–Crippen LogP) is 4.33. The maximum Gasteiger partial charge on any atom is 0.152 e. The van der Waals surface area contributed by atoms with Crippen LogP contribution in [0.2, 0.25) is 0 Å². The van der Waals surface area contributed by atoms with Crippen LogP contribution in [0.3, 0.4) is 0 Å². The molecule has 0 aliphatic carbocycles. The lowest BCUT2D eigenvalue weighted by Crippen LogP contribution is -1.96. The van der Waals surface area contributed by atoms with Gasteiger partial charge >= 0.3 is 0 Å². The van der Waals surface area contributed by atoms with Crippen molar-refractivity contribution in [3.05, 3.63) is 65.2 Å². The molecule has 0 spiro atoms. The lowest BCUT2D eigenvalue weighted by Gasteiger charge is -2.10. The van der Waals surface area contributed by atoms with Crippen molar-refractivity contribution in [2.45, 2.75) is 13.8 Å². The molecule has 0 amide bonds. The third kappa shape index (κ3) is 1.99. The Kier molecular flexibility index (Phi) is 3.07. The van der Waals surface area contributed by atoms with E-state index < -0.39 is 0 Å². The SMILES string of the molecule is Cc1ccccc1-c1nc2c(C)cccc2cc1C=O. The molecule has 0 saturated heterocycles. The average Bonchev–Trinajstić information content (AvgIpc) is 2.47. The van der Waals surface area contributed by atoms with Gasteiger partial charge in [0.15, 0.2) is 6.29 Å². The number of benzene rings is 2. The summed E-state index contributed by atoms with van der Waals surface area (Å²) in [5, 5.41) is 1.00. The Morgan fingerprint density at radius 2 is 1.70 bits per heavy atom. The van der Waals surface area contributed by atoms with E-state index in [-0.39, 0.29) is 0 Å². The Morgan fingerprint density at radius 1 is 0.950 bits per heavy atom. The molecule has 0 unspecified atom stereocenters. The van der Waals surface area contributed by atoms with Crippen LogP contribution in [-0.2, 0) is 0 Å². The van der Waals surface area contributed by atoms with Gasteiger partial charge in [0.05, 0.1) is 11.2 Å². The fourth-order valence-corrected chi connectivity index (χ4v) is 2.51. The van der Waals surface area contributed by atoms with E-state index in [1.165, 1.54) is 0 Å². The molecular formula is C18H15NO. The number of aldehydes is 1. The van der Waals surface area contributed by atoms with Crippen molar-refractivity contribution in [1.82, 2.24) is 4.98 Å². The van der Waals surface area contributed by atoms with Crippen molar-refractivity contribution in [2.24, 2.45) is 0 Å². The van der Waals surface area contributed by atoms with Crippen molar-refractivity contribution in [3.8, 4) is 11.3 Å². The number of hydrogen-bond donors (Lipinski definition) is 0. The number of pyridine rings is 1. The highest BCUT2D eigenvalue weighted by Crippen LogP contribution is 2.28. The van der Waals surface area contributed by atoms with E-state index in [1.807, 2.05) is 62.4 Å². The third-order valence-corrected chi connectivity index (χ3v) is 3.60. The Bertz CT molecular complexity index is 806. The molecular weight excluding hydrogens is 246 g/mol. The number of aromatic nitrogens is 1. The molecule has 3 aromatic rings. The first kappa shape index (κ1) is 12.5. The quantitative estimate of drug-likeness (QED) is 0.643. The van der Waals surface area contributed by atoms with Crippen molar-refractivity contribution in [2.75, 3.05) is 0 Å². The van der Waals surface area contributed by atoms with E-state index in [4.69, 9.17) is 4.98 Å². The molecule has 0 N–H and O–H groups in total. The summed E-state index contributed by atoms with van der Waals surface area (Å²) in [6.45, 7) is 4.07. The molecule has 1 aromatic heterocycles. The van der Waals surface area contributed by atoms with Gasteiger partial charge in [-0.15, -0.1) is 0 Å². The number of hydrogen-bond acceptors (Lipinski definition) is 2. The van der Waals surface area contributed by atoms with E-state index in [9.17, 15) is 4.79 Å². The van der Waals surface area contributed by atoms with Gasteiger partial charge in [-0.2, -0.15) is 0 Å². The summed E-state index contributed by atoms with van der Waals surface area (Å²) in [4.78, 5) is 16.1. The molecule has 2 nitrogen and oxygen atoms in total. The smallest absolute Gasteiger partial charge is 0.152 e.